The first-order chi connectivity index (χ1) is 9.48. The summed E-state index contributed by atoms with van der Waals surface area (Å²) in [7, 11) is -1.72. The van der Waals surface area contributed by atoms with Gasteiger partial charge in [0.15, 0.2) is 0 Å². The van der Waals surface area contributed by atoms with Crippen molar-refractivity contribution in [1.29, 1.82) is 0 Å². The van der Waals surface area contributed by atoms with E-state index in [1.165, 1.54) is 17.1 Å². The predicted molar refractivity (Wildman–Crippen MR) is 82.0 cm³/mol. The average Bonchev–Trinajstić information content (AvgIpc) is 3.29. The molecule has 2 fully saturated rings. The van der Waals surface area contributed by atoms with Crippen molar-refractivity contribution in [3.05, 3.63) is 28.2 Å². The third-order valence-electron chi connectivity index (χ3n) is 3.89. The molecule has 20 heavy (non-hydrogen) atoms. The molecule has 2 saturated carbocycles. The van der Waals surface area contributed by atoms with Crippen LogP contribution in [0.2, 0.25) is 0 Å². The smallest absolute Gasteiger partial charge is 0.244 e. The minimum Gasteiger partial charge on any atom is -0.310 e. The Morgan fingerprint density at radius 3 is 2.60 bits per heavy atom. The molecular formula is C14H19BrN2O2S. The van der Waals surface area contributed by atoms with Gasteiger partial charge < -0.3 is 5.32 Å². The molecule has 0 unspecified atom stereocenters. The highest BCUT2D eigenvalue weighted by Gasteiger charge is 2.36. The molecule has 0 amide bonds. The van der Waals surface area contributed by atoms with Crippen molar-refractivity contribution in [3.8, 4) is 0 Å². The zero-order chi connectivity index (χ0) is 14.3. The maximum absolute atomic E-state index is 12.6. The largest absolute Gasteiger partial charge is 0.310 e. The summed E-state index contributed by atoms with van der Waals surface area (Å²) in [6.07, 6.45) is 4.39. The second kappa shape index (κ2) is 5.40. The summed E-state index contributed by atoms with van der Waals surface area (Å²) >= 11 is 3.37. The molecule has 1 aromatic rings. The van der Waals surface area contributed by atoms with Gasteiger partial charge in [0.05, 0.1) is 4.90 Å². The average molecular weight is 359 g/mol. The van der Waals surface area contributed by atoms with Gasteiger partial charge in [-0.15, -0.1) is 0 Å². The quantitative estimate of drug-likeness (QED) is 0.849. The number of hydrogen-bond donors (Lipinski definition) is 1. The van der Waals surface area contributed by atoms with Gasteiger partial charge >= 0.3 is 0 Å². The van der Waals surface area contributed by atoms with Gasteiger partial charge in [-0.1, -0.05) is 6.07 Å². The number of hydrogen-bond acceptors (Lipinski definition) is 3. The molecule has 0 aromatic heterocycles. The van der Waals surface area contributed by atoms with Crippen molar-refractivity contribution in [2.24, 2.45) is 0 Å². The fraction of sp³-hybridized carbons (Fsp3) is 0.571. The number of halogens is 1. The molecular weight excluding hydrogens is 340 g/mol. The van der Waals surface area contributed by atoms with Crippen molar-refractivity contribution in [2.45, 2.75) is 49.2 Å². The SMILES string of the molecule is CN(C1CC1)S(=O)(=O)c1cc(CNC2CC2)ccc1Br. The Hall–Kier alpha value is -0.430. The summed E-state index contributed by atoms with van der Waals surface area (Å²) in [5, 5.41) is 3.41. The highest BCUT2D eigenvalue weighted by molar-refractivity contribution is 9.10. The zero-order valence-corrected chi connectivity index (χ0v) is 13.9. The van der Waals surface area contributed by atoms with Crippen molar-refractivity contribution in [3.63, 3.8) is 0 Å². The Kier molecular flexibility index (Phi) is 3.92. The van der Waals surface area contributed by atoms with Crippen LogP contribution in [0.5, 0.6) is 0 Å². The minimum atomic E-state index is -3.39. The van der Waals surface area contributed by atoms with Gasteiger partial charge in [0, 0.05) is 30.1 Å². The van der Waals surface area contributed by atoms with Gasteiger partial charge in [-0.3, -0.25) is 0 Å². The van der Waals surface area contributed by atoms with Crippen LogP contribution in [0.4, 0.5) is 0 Å². The number of sulfonamides is 1. The summed E-state index contributed by atoms with van der Waals surface area (Å²) in [5.74, 6) is 0. The molecule has 0 atom stereocenters. The Labute approximate surface area is 128 Å². The van der Waals surface area contributed by atoms with Crippen LogP contribution in [0.25, 0.3) is 0 Å². The van der Waals surface area contributed by atoms with E-state index in [1.807, 2.05) is 12.1 Å². The molecule has 2 aliphatic carbocycles. The Bertz CT molecular complexity index is 610. The van der Waals surface area contributed by atoms with E-state index in [0.29, 0.717) is 15.4 Å². The topological polar surface area (TPSA) is 49.4 Å². The van der Waals surface area contributed by atoms with Crippen LogP contribution < -0.4 is 5.32 Å². The maximum atomic E-state index is 12.6. The van der Waals surface area contributed by atoms with E-state index < -0.39 is 10.0 Å². The molecule has 0 saturated heterocycles. The van der Waals surface area contributed by atoms with Crippen LogP contribution in [0.1, 0.15) is 31.2 Å². The predicted octanol–water partition coefficient (Wildman–Crippen LogP) is 2.48. The van der Waals surface area contributed by atoms with E-state index in [2.05, 4.69) is 21.2 Å². The molecule has 1 N–H and O–H groups in total. The highest BCUT2D eigenvalue weighted by atomic mass is 79.9. The van der Waals surface area contributed by atoms with Gasteiger partial charge in [-0.2, -0.15) is 4.31 Å². The second-order valence-corrected chi connectivity index (χ2v) is 8.49. The lowest BCUT2D eigenvalue weighted by Crippen LogP contribution is -2.29. The molecule has 3 rings (SSSR count). The van der Waals surface area contributed by atoms with E-state index in [-0.39, 0.29) is 6.04 Å². The van der Waals surface area contributed by atoms with Crippen LogP contribution in [-0.4, -0.2) is 31.9 Å². The number of nitrogens with zero attached hydrogens (tertiary/aromatic N) is 1. The molecule has 0 bridgehead atoms. The van der Waals surface area contributed by atoms with Crippen molar-refractivity contribution >= 4 is 26.0 Å². The Balaban J connectivity index is 1.84. The van der Waals surface area contributed by atoms with Gasteiger partial charge in [0.1, 0.15) is 0 Å². The van der Waals surface area contributed by atoms with E-state index in [1.54, 1.807) is 13.1 Å². The van der Waals surface area contributed by atoms with Crippen LogP contribution in [0.15, 0.2) is 27.6 Å². The summed E-state index contributed by atoms with van der Waals surface area (Å²) in [4.78, 5) is 0.377. The number of nitrogens with one attached hydrogen (secondary N) is 1. The first-order valence-electron chi connectivity index (χ1n) is 6.98. The van der Waals surface area contributed by atoms with Crippen LogP contribution in [-0.2, 0) is 16.6 Å². The molecule has 4 nitrogen and oxygen atoms in total. The fourth-order valence-electron chi connectivity index (χ4n) is 2.19. The molecule has 0 aliphatic heterocycles. The van der Waals surface area contributed by atoms with Crippen molar-refractivity contribution in [1.82, 2.24) is 9.62 Å². The summed E-state index contributed by atoms with van der Waals surface area (Å²) < 4.78 is 27.4. The Morgan fingerprint density at radius 1 is 1.30 bits per heavy atom. The molecule has 0 spiro atoms. The summed E-state index contributed by atoms with van der Waals surface area (Å²) in [6, 6.07) is 6.38. The van der Waals surface area contributed by atoms with Crippen molar-refractivity contribution < 1.29 is 8.42 Å². The summed E-state index contributed by atoms with van der Waals surface area (Å²) in [5.41, 5.74) is 1.02. The lowest BCUT2D eigenvalue weighted by Gasteiger charge is -2.18. The molecule has 0 heterocycles. The number of rotatable bonds is 6. The Morgan fingerprint density at radius 2 is 2.00 bits per heavy atom. The maximum Gasteiger partial charge on any atom is 0.244 e. The van der Waals surface area contributed by atoms with Crippen LogP contribution in [0, 0.1) is 0 Å². The molecule has 0 radical (unpaired) electrons. The normalized spacial score (nSPS) is 19.6. The van der Waals surface area contributed by atoms with Gasteiger partial charge in [0.25, 0.3) is 0 Å². The van der Waals surface area contributed by atoms with Crippen LogP contribution >= 0.6 is 15.9 Å². The standard InChI is InChI=1S/C14H19BrN2O2S/c1-17(12-5-6-12)20(18,19)14-8-10(2-7-13(14)15)9-16-11-3-4-11/h2,7-8,11-12,16H,3-6,9H2,1H3. The first-order valence-corrected chi connectivity index (χ1v) is 9.21. The molecule has 1 aromatic carbocycles. The first kappa shape index (κ1) is 14.5. The minimum absolute atomic E-state index is 0.181. The van der Waals surface area contributed by atoms with E-state index in [4.69, 9.17) is 0 Å². The lowest BCUT2D eigenvalue weighted by molar-refractivity contribution is 0.463. The van der Waals surface area contributed by atoms with Gasteiger partial charge in [-0.05, 0) is 59.3 Å². The van der Waals surface area contributed by atoms with E-state index >= 15 is 0 Å². The monoisotopic (exact) mass is 358 g/mol. The number of benzene rings is 1. The van der Waals surface area contributed by atoms with Gasteiger partial charge in [-0.25, -0.2) is 8.42 Å². The zero-order valence-electron chi connectivity index (χ0n) is 11.5. The highest BCUT2D eigenvalue weighted by Crippen LogP contribution is 2.33. The summed E-state index contributed by atoms with van der Waals surface area (Å²) in [6.45, 7) is 0.730. The fourth-order valence-corrected chi connectivity index (χ4v) is 4.58. The van der Waals surface area contributed by atoms with Gasteiger partial charge in [0.2, 0.25) is 10.0 Å². The molecule has 110 valence electrons. The second-order valence-electron chi connectivity index (χ2n) is 5.67. The lowest BCUT2D eigenvalue weighted by atomic mass is 10.2. The molecule has 2 aliphatic rings. The molecule has 6 heteroatoms. The van der Waals surface area contributed by atoms with E-state index in [0.717, 1.165) is 24.9 Å². The third-order valence-corrected chi connectivity index (χ3v) is 6.79. The van der Waals surface area contributed by atoms with E-state index in [9.17, 15) is 8.42 Å². The van der Waals surface area contributed by atoms with Crippen LogP contribution in [0.3, 0.4) is 0 Å². The van der Waals surface area contributed by atoms with Crippen molar-refractivity contribution in [2.75, 3.05) is 7.05 Å². The third kappa shape index (κ3) is 3.08.